The van der Waals surface area contributed by atoms with Gasteiger partial charge in [0.2, 0.25) is 0 Å². The van der Waals surface area contributed by atoms with Crippen molar-refractivity contribution in [1.29, 1.82) is 0 Å². The molecule has 0 aromatic rings. The van der Waals surface area contributed by atoms with Gasteiger partial charge in [0.15, 0.2) is 0 Å². The monoisotopic (exact) mass is 118 g/mol. The minimum Gasteiger partial charge on any atom is -0.393 e. The molecule has 0 aromatic carbocycles. The maximum absolute atomic E-state index is 12.5. The average molecular weight is 118 g/mol. The molecule has 48 valence electrons. The molecular weight excluding hydrogens is 107 g/mol. The minimum absolute atomic E-state index is 0.212. The van der Waals surface area contributed by atoms with Crippen LogP contribution in [0.15, 0.2) is 12.7 Å². The Morgan fingerprint density at radius 2 is 2.38 bits per heavy atom. The summed E-state index contributed by atoms with van der Waals surface area (Å²) in [4.78, 5) is 0. The molecule has 0 saturated carbocycles. The number of hydrogen-bond donors (Lipinski definition) is 1. The summed E-state index contributed by atoms with van der Waals surface area (Å²) in [5.74, 6) is 0. The predicted octanol–water partition coefficient (Wildman–Crippen LogP) is 1.28. The van der Waals surface area contributed by atoms with E-state index in [0.717, 1.165) is 0 Å². The van der Waals surface area contributed by atoms with Gasteiger partial charge in [0.1, 0.15) is 5.67 Å². The van der Waals surface area contributed by atoms with Crippen LogP contribution in [0.2, 0.25) is 0 Å². The van der Waals surface area contributed by atoms with E-state index in [-0.39, 0.29) is 6.42 Å². The Morgan fingerprint density at radius 3 is 2.50 bits per heavy atom. The molecule has 1 atom stereocenters. The van der Waals surface area contributed by atoms with Crippen LogP contribution < -0.4 is 0 Å². The Labute approximate surface area is 48.8 Å². The first kappa shape index (κ1) is 7.63. The number of aliphatic hydroxyl groups is 1. The van der Waals surface area contributed by atoms with Crippen molar-refractivity contribution in [2.24, 2.45) is 0 Å². The second-order valence-electron chi connectivity index (χ2n) is 2.06. The number of alkyl halides is 1. The van der Waals surface area contributed by atoms with E-state index in [0.29, 0.717) is 0 Å². The Morgan fingerprint density at radius 1 is 1.88 bits per heavy atom. The Hall–Kier alpha value is -0.370. The summed E-state index contributed by atoms with van der Waals surface area (Å²) in [6.45, 7) is 4.25. The van der Waals surface area contributed by atoms with E-state index in [2.05, 4.69) is 6.58 Å². The maximum Gasteiger partial charge on any atom is 0.134 e. The molecule has 1 N–H and O–H groups in total. The molecule has 2 heteroatoms. The predicted molar refractivity (Wildman–Crippen MR) is 31.4 cm³/mol. The first-order chi connectivity index (χ1) is 3.62. The third-order valence-electron chi connectivity index (χ3n) is 0.900. The Bertz CT molecular complexity index is 78.6. The van der Waals surface area contributed by atoms with Gasteiger partial charge in [-0.25, -0.2) is 4.39 Å². The minimum atomic E-state index is -1.47. The lowest BCUT2D eigenvalue weighted by Crippen LogP contribution is -2.21. The molecule has 0 amide bonds. The third kappa shape index (κ3) is 2.75. The standard InChI is InChI=1S/C6H11FO/c1-3-4-6(2,7)5-8/h3,8H,1,4-5H2,2H3/t6-/m1/s1. The topological polar surface area (TPSA) is 20.2 Å². The highest BCUT2D eigenvalue weighted by atomic mass is 19.1. The van der Waals surface area contributed by atoms with Gasteiger partial charge in [0, 0.05) is 6.42 Å². The number of aliphatic hydroxyl groups excluding tert-OH is 1. The van der Waals surface area contributed by atoms with Gasteiger partial charge in [-0.1, -0.05) is 6.08 Å². The van der Waals surface area contributed by atoms with Gasteiger partial charge in [0.05, 0.1) is 6.61 Å². The number of halogens is 1. The molecule has 0 unspecified atom stereocenters. The lowest BCUT2D eigenvalue weighted by atomic mass is 10.1. The fraction of sp³-hybridized carbons (Fsp3) is 0.667. The highest BCUT2D eigenvalue weighted by Gasteiger charge is 2.18. The lowest BCUT2D eigenvalue weighted by molar-refractivity contribution is 0.0910. The van der Waals surface area contributed by atoms with Crippen molar-refractivity contribution in [3.8, 4) is 0 Å². The first-order valence-electron chi connectivity index (χ1n) is 2.53. The molecule has 0 bridgehead atoms. The van der Waals surface area contributed by atoms with Crippen LogP contribution >= 0.6 is 0 Å². The third-order valence-corrected chi connectivity index (χ3v) is 0.900. The van der Waals surface area contributed by atoms with Gasteiger partial charge in [0.25, 0.3) is 0 Å². The van der Waals surface area contributed by atoms with Crippen LogP contribution in [-0.2, 0) is 0 Å². The molecule has 0 aliphatic carbocycles. The van der Waals surface area contributed by atoms with Crippen LogP contribution in [0, 0.1) is 0 Å². The molecule has 0 aliphatic rings. The summed E-state index contributed by atoms with van der Waals surface area (Å²) in [5.41, 5.74) is -1.47. The fourth-order valence-corrected chi connectivity index (χ4v) is 0.366. The average Bonchev–Trinajstić information content (AvgIpc) is 1.67. The van der Waals surface area contributed by atoms with E-state index < -0.39 is 12.3 Å². The van der Waals surface area contributed by atoms with Crippen molar-refractivity contribution >= 4 is 0 Å². The molecule has 0 rings (SSSR count). The second-order valence-corrected chi connectivity index (χ2v) is 2.06. The van der Waals surface area contributed by atoms with Crippen molar-refractivity contribution < 1.29 is 9.50 Å². The smallest absolute Gasteiger partial charge is 0.134 e. The van der Waals surface area contributed by atoms with Crippen molar-refractivity contribution in [3.05, 3.63) is 12.7 Å². The Kier molecular flexibility index (Phi) is 2.69. The van der Waals surface area contributed by atoms with Crippen molar-refractivity contribution in [2.45, 2.75) is 19.0 Å². The van der Waals surface area contributed by atoms with Gasteiger partial charge in [-0.3, -0.25) is 0 Å². The van der Waals surface area contributed by atoms with E-state index >= 15 is 0 Å². The zero-order chi connectivity index (χ0) is 6.62. The van der Waals surface area contributed by atoms with Crippen LogP contribution in [0.5, 0.6) is 0 Å². The molecule has 8 heavy (non-hydrogen) atoms. The molecule has 0 fully saturated rings. The molecular formula is C6H11FO. The van der Waals surface area contributed by atoms with E-state index in [9.17, 15) is 4.39 Å². The van der Waals surface area contributed by atoms with Crippen LogP contribution in [0.3, 0.4) is 0 Å². The molecule has 0 radical (unpaired) electrons. The molecule has 0 spiro atoms. The summed E-state index contributed by atoms with van der Waals surface area (Å²) >= 11 is 0. The molecule has 0 saturated heterocycles. The summed E-state index contributed by atoms with van der Waals surface area (Å²) in [7, 11) is 0. The second kappa shape index (κ2) is 2.82. The van der Waals surface area contributed by atoms with E-state index in [1.807, 2.05) is 0 Å². The van der Waals surface area contributed by atoms with Crippen LogP contribution in [-0.4, -0.2) is 17.4 Å². The van der Waals surface area contributed by atoms with Gasteiger partial charge >= 0.3 is 0 Å². The quantitative estimate of drug-likeness (QED) is 0.553. The SMILES string of the molecule is C=CC[C@@](C)(F)CO. The lowest BCUT2D eigenvalue weighted by Gasteiger charge is -2.12. The number of hydrogen-bond acceptors (Lipinski definition) is 1. The highest BCUT2D eigenvalue weighted by molar-refractivity contribution is 4.81. The zero-order valence-corrected chi connectivity index (χ0v) is 5.02. The summed E-state index contributed by atoms with van der Waals surface area (Å²) in [6, 6.07) is 0. The van der Waals surface area contributed by atoms with Gasteiger partial charge < -0.3 is 5.11 Å². The zero-order valence-electron chi connectivity index (χ0n) is 5.02. The summed E-state index contributed by atoms with van der Waals surface area (Å²) in [5, 5.41) is 8.30. The maximum atomic E-state index is 12.5. The van der Waals surface area contributed by atoms with Gasteiger partial charge in [-0.15, -0.1) is 6.58 Å². The normalized spacial score (nSPS) is 17.4. The summed E-state index contributed by atoms with van der Waals surface area (Å²) in [6.07, 6.45) is 1.67. The van der Waals surface area contributed by atoms with Gasteiger partial charge in [-0.05, 0) is 6.92 Å². The number of allylic oxidation sites excluding steroid dienone is 1. The van der Waals surface area contributed by atoms with Crippen molar-refractivity contribution in [2.75, 3.05) is 6.61 Å². The van der Waals surface area contributed by atoms with Crippen molar-refractivity contribution in [1.82, 2.24) is 0 Å². The highest BCUT2D eigenvalue weighted by Crippen LogP contribution is 2.13. The fourth-order valence-electron chi connectivity index (χ4n) is 0.366. The van der Waals surface area contributed by atoms with E-state index in [1.165, 1.54) is 13.0 Å². The molecule has 1 nitrogen and oxygen atoms in total. The van der Waals surface area contributed by atoms with Crippen LogP contribution in [0.25, 0.3) is 0 Å². The van der Waals surface area contributed by atoms with Crippen molar-refractivity contribution in [3.63, 3.8) is 0 Å². The Balaban J connectivity index is 3.53. The van der Waals surface area contributed by atoms with E-state index in [4.69, 9.17) is 5.11 Å². The molecule has 0 aromatic heterocycles. The molecule has 0 aliphatic heterocycles. The largest absolute Gasteiger partial charge is 0.393 e. The number of rotatable bonds is 3. The van der Waals surface area contributed by atoms with Crippen LogP contribution in [0.4, 0.5) is 4.39 Å². The van der Waals surface area contributed by atoms with Gasteiger partial charge in [-0.2, -0.15) is 0 Å². The van der Waals surface area contributed by atoms with E-state index in [1.54, 1.807) is 0 Å². The summed E-state index contributed by atoms with van der Waals surface area (Å²) < 4.78 is 12.5. The first-order valence-corrected chi connectivity index (χ1v) is 2.53. The molecule has 0 heterocycles. The van der Waals surface area contributed by atoms with Crippen LogP contribution in [0.1, 0.15) is 13.3 Å².